The van der Waals surface area contributed by atoms with Gasteiger partial charge in [0.05, 0.1) is 6.04 Å². The third-order valence-corrected chi connectivity index (χ3v) is 3.02. The predicted molar refractivity (Wildman–Crippen MR) is 68.2 cm³/mol. The van der Waals surface area contributed by atoms with Gasteiger partial charge < -0.3 is 5.32 Å². The molecule has 2 rings (SSSR count). The van der Waals surface area contributed by atoms with E-state index >= 15 is 0 Å². The molecule has 0 bridgehead atoms. The molecule has 1 N–H and O–H groups in total. The zero-order chi connectivity index (χ0) is 15.6. The van der Waals surface area contributed by atoms with Crippen LogP contribution < -0.4 is 5.32 Å². The molecule has 1 unspecified atom stereocenters. The van der Waals surface area contributed by atoms with Crippen LogP contribution in [0.25, 0.3) is 0 Å². The summed E-state index contributed by atoms with van der Waals surface area (Å²) in [7, 11) is 0. The summed E-state index contributed by atoms with van der Waals surface area (Å²) in [4.78, 5) is 0. The number of rotatable bonds is 4. The van der Waals surface area contributed by atoms with E-state index in [0.29, 0.717) is 6.54 Å². The number of nitrogens with one attached hydrogen (secondary N) is 1. The average molecular weight is 301 g/mol. The van der Waals surface area contributed by atoms with Crippen molar-refractivity contribution in [3.05, 3.63) is 70.5 Å². The quantitative estimate of drug-likeness (QED) is 0.663. The Morgan fingerprint density at radius 1 is 0.810 bits per heavy atom. The minimum absolute atomic E-state index is 0.0826. The van der Waals surface area contributed by atoms with Gasteiger partial charge in [-0.15, -0.1) is 0 Å². The normalized spacial score (nSPS) is 12.5. The molecule has 0 heterocycles. The summed E-state index contributed by atoms with van der Waals surface area (Å²) >= 11 is 0. The Morgan fingerprint density at radius 2 is 1.38 bits per heavy atom. The number of hydrogen-bond donors (Lipinski definition) is 1. The molecule has 0 saturated heterocycles. The summed E-state index contributed by atoms with van der Waals surface area (Å²) in [6.45, 7) is 2.15. The highest BCUT2D eigenvalue weighted by molar-refractivity contribution is 5.33. The van der Waals surface area contributed by atoms with Gasteiger partial charge >= 0.3 is 0 Å². The molecule has 0 saturated carbocycles. The van der Waals surface area contributed by atoms with Crippen molar-refractivity contribution in [3.63, 3.8) is 0 Å². The molecule has 2 aromatic carbocycles. The maximum absolute atomic E-state index is 13.3. The molecule has 1 nitrogen and oxygen atoms in total. The van der Waals surface area contributed by atoms with Crippen LogP contribution in [0, 0.1) is 29.1 Å². The van der Waals surface area contributed by atoms with Gasteiger partial charge in [-0.3, -0.25) is 0 Å². The molecule has 2 aromatic rings. The molecule has 6 heteroatoms. The second-order valence-electron chi connectivity index (χ2n) is 4.46. The van der Waals surface area contributed by atoms with E-state index in [1.54, 1.807) is 6.92 Å². The monoisotopic (exact) mass is 301 g/mol. The molecular weight excluding hydrogens is 289 g/mol. The lowest BCUT2D eigenvalue weighted by Gasteiger charge is -2.19. The van der Waals surface area contributed by atoms with E-state index in [1.807, 2.05) is 0 Å². The molecular formula is C15H12F5N. The van der Waals surface area contributed by atoms with Gasteiger partial charge in [0.1, 0.15) is 0 Å². The standard InChI is InChI=1S/C15H12F5N/c1-2-21-15(8-3-4-10(16)11(17)5-8)9-6-12(18)14(20)13(19)7-9/h3-7,15,21H,2H2,1H3. The van der Waals surface area contributed by atoms with Crippen molar-refractivity contribution in [2.24, 2.45) is 0 Å². The van der Waals surface area contributed by atoms with E-state index in [4.69, 9.17) is 0 Å². The molecule has 0 amide bonds. The summed E-state index contributed by atoms with van der Waals surface area (Å²) < 4.78 is 65.9. The highest BCUT2D eigenvalue weighted by Crippen LogP contribution is 2.26. The molecule has 21 heavy (non-hydrogen) atoms. The third-order valence-electron chi connectivity index (χ3n) is 3.02. The van der Waals surface area contributed by atoms with E-state index in [1.165, 1.54) is 6.07 Å². The van der Waals surface area contributed by atoms with Gasteiger partial charge in [0.25, 0.3) is 0 Å². The number of halogens is 5. The van der Waals surface area contributed by atoms with Crippen LogP contribution in [0.1, 0.15) is 24.1 Å². The first-order chi connectivity index (χ1) is 9.93. The van der Waals surface area contributed by atoms with Crippen LogP contribution in [0.4, 0.5) is 22.0 Å². The Bertz CT molecular complexity index is 634. The largest absolute Gasteiger partial charge is 0.307 e. The van der Waals surface area contributed by atoms with Gasteiger partial charge in [0.2, 0.25) is 0 Å². The third kappa shape index (κ3) is 3.21. The van der Waals surface area contributed by atoms with Gasteiger partial charge in [-0.1, -0.05) is 13.0 Å². The van der Waals surface area contributed by atoms with E-state index < -0.39 is 35.1 Å². The van der Waals surface area contributed by atoms with Crippen molar-refractivity contribution >= 4 is 0 Å². The zero-order valence-electron chi connectivity index (χ0n) is 11.1. The molecule has 112 valence electrons. The molecule has 0 fully saturated rings. The van der Waals surface area contributed by atoms with Crippen LogP contribution in [0.2, 0.25) is 0 Å². The average Bonchev–Trinajstić information content (AvgIpc) is 2.45. The highest BCUT2D eigenvalue weighted by atomic mass is 19.2. The lowest BCUT2D eigenvalue weighted by Crippen LogP contribution is -2.22. The Kier molecular flexibility index (Phi) is 4.57. The summed E-state index contributed by atoms with van der Waals surface area (Å²) in [5, 5.41) is 2.89. The first-order valence-corrected chi connectivity index (χ1v) is 6.26. The smallest absolute Gasteiger partial charge is 0.194 e. The molecule has 0 aliphatic rings. The van der Waals surface area contributed by atoms with Gasteiger partial charge in [-0.05, 0) is 41.9 Å². The fourth-order valence-electron chi connectivity index (χ4n) is 2.07. The zero-order valence-corrected chi connectivity index (χ0v) is 11.1. The van der Waals surface area contributed by atoms with Crippen molar-refractivity contribution in [3.8, 4) is 0 Å². The fourth-order valence-corrected chi connectivity index (χ4v) is 2.07. The maximum Gasteiger partial charge on any atom is 0.194 e. The summed E-state index contributed by atoms with van der Waals surface area (Å²) in [6.07, 6.45) is 0. The van der Waals surface area contributed by atoms with E-state index in [-0.39, 0.29) is 11.1 Å². The van der Waals surface area contributed by atoms with Crippen molar-refractivity contribution in [1.82, 2.24) is 5.32 Å². The van der Waals surface area contributed by atoms with Crippen LogP contribution in [0.15, 0.2) is 30.3 Å². The van der Waals surface area contributed by atoms with Crippen molar-refractivity contribution in [1.29, 1.82) is 0 Å². The maximum atomic E-state index is 13.3. The van der Waals surface area contributed by atoms with Crippen LogP contribution in [0.5, 0.6) is 0 Å². The summed E-state index contributed by atoms with van der Waals surface area (Å²) in [6, 6.07) is 4.02. The van der Waals surface area contributed by atoms with Crippen molar-refractivity contribution < 1.29 is 22.0 Å². The van der Waals surface area contributed by atoms with Crippen molar-refractivity contribution in [2.75, 3.05) is 6.54 Å². The molecule has 0 aliphatic carbocycles. The number of hydrogen-bond acceptors (Lipinski definition) is 1. The van der Waals surface area contributed by atoms with Crippen molar-refractivity contribution in [2.45, 2.75) is 13.0 Å². The molecule has 0 spiro atoms. The van der Waals surface area contributed by atoms with Crippen LogP contribution in [-0.4, -0.2) is 6.54 Å². The fraction of sp³-hybridized carbons (Fsp3) is 0.200. The van der Waals surface area contributed by atoms with E-state index in [0.717, 1.165) is 24.3 Å². The summed E-state index contributed by atoms with van der Waals surface area (Å²) in [5.74, 6) is -6.34. The molecule has 1 atom stereocenters. The topological polar surface area (TPSA) is 12.0 Å². The minimum Gasteiger partial charge on any atom is -0.307 e. The molecule has 0 aliphatic heterocycles. The van der Waals surface area contributed by atoms with Gasteiger partial charge in [-0.2, -0.15) is 0 Å². The summed E-state index contributed by atoms with van der Waals surface area (Å²) in [5.41, 5.74) is 0.361. The van der Waals surface area contributed by atoms with Crippen LogP contribution in [-0.2, 0) is 0 Å². The van der Waals surface area contributed by atoms with Crippen LogP contribution >= 0.6 is 0 Å². The first-order valence-electron chi connectivity index (χ1n) is 6.26. The lowest BCUT2D eigenvalue weighted by atomic mass is 9.98. The van der Waals surface area contributed by atoms with Crippen LogP contribution in [0.3, 0.4) is 0 Å². The highest BCUT2D eigenvalue weighted by Gasteiger charge is 2.19. The second kappa shape index (κ2) is 6.22. The predicted octanol–water partition coefficient (Wildman–Crippen LogP) is 4.08. The van der Waals surface area contributed by atoms with Gasteiger partial charge in [0.15, 0.2) is 29.1 Å². The van der Waals surface area contributed by atoms with E-state index in [9.17, 15) is 22.0 Å². The van der Waals surface area contributed by atoms with Gasteiger partial charge in [0, 0.05) is 0 Å². The molecule has 0 radical (unpaired) electrons. The number of benzene rings is 2. The Labute approximate surface area is 118 Å². The minimum atomic E-state index is -1.57. The Balaban J connectivity index is 2.50. The molecule has 0 aromatic heterocycles. The van der Waals surface area contributed by atoms with Gasteiger partial charge in [-0.25, -0.2) is 22.0 Å². The second-order valence-corrected chi connectivity index (χ2v) is 4.46. The lowest BCUT2D eigenvalue weighted by molar-refractivity contribution is 0.442. The Hall–Kier alpha value is -1.95. The van der Waals surface area contributed by atoms with E-state index in [2.05, 4.69) is 5.32 Å². The Morgan fingerprint density at radius 3 is 1.90 bits per heavy atom. The SMILES string of the molecule is CCNC(c1ccc(F)c(F)c1)c1cc(F)c(F)c(F)c1. The first kappa shape index (κ1) is 15.4.